The predicted molar refractivity (Wildman–Crippen MR) is 169 cm³/mol. The van der Waals surface area contributed by atoms with Gasteiger partial charge in [0.15, 0.2) is 0 Å². The van der Waals surface area contributed by atoms with Gasteiger partial charge in [0.05, 0.1) is 6.10 Å². The lowest BCUT2D eigenvalue weighted by molar-refractivity contribution is 0.0950. The molecule has 4 N–H and O–H groups in total. The number of carbonyl (C=O) groups is 1. The first-order valence-electron chi connectivity index (χ1n) is 15.3. The van der Waals surface area contributed by atoms with Gasteiger partial charge in [-0.3, -0.25) is 4.79 Å². The minimum atomic E-state index is -0.156. The summed E-state index contributed by atoms with van der Waals surface area (Å²) in [5, 5.41) is 19.8. The number of pyridine rings is 1. The Morgan fingerprint density at radius 2 is 1.86 bits per heavy atom. The highest BCUT2D eigenvalue weighted by molar-refractivity contribution is 5.94. The van der Waals surface area contributed by atoms with Crippen molar-refractivity contribution >= 4 is 28.9 Å². The molecule has 1 amide bonds. The quantitative estimate of drug-likeness (QED) is 0.288. The molecule has 9 nitrogen and oxygen atoms in total. The van der Waals surface area contributed by atoms with Gasteiger partial charge in [0.2, 0.25) is 5.95 Å². The lowest BCUT2D eigenvalue weighted by atomic mass is 9.87. The summed E-state index contributed by atoms with van der Waals surface area (Å²) in [6.07, 6.45) is 12.5. The molecule has 1 aliphatic heterocycles. The van der Waals surface area contributed by atoms with Crippen LogP contribution in [0.25, 0.3) is 5.57 Å². The third-order valence-corrected chi connectivity index (χ3v) is 8.33. The summed E-state index contributed by atoms with van der Waals surface area (Å²) < 4.78 is 0. The molecule has 0 atom stereocenters. The standard InChI is InChI=1S/C34H39N7O2/c1-41-18-15-25(16-19-41)31-22-37-34(40-32(31)36-21-24-5-12-30(42)13-6-24)39-28-7-2-23(3-8-28)4-9-29-20-26(14-17-35-29)33(43)38-27-10-11-27/h2-3,7-8,14-15,17,20,22,24,27,30,42H,5-6,10-13,16,18-19,21H2,1H3,(H,38,43)(H2,36,37,39,40). The summed E-state index contributed by atoms with van der Waals surface area (Å²) >= 11 is 0. The Kier molecular flexibility index (Phi) is 8.96. The van der Waals surface area contributed by atoms with Crippen molar-refractivity contribution in [2.24, 2.45) is 5.92 Å². The Balaban J connectivity index is 1.13. The highest BCUT2D eigenvalue weighted by Crippen LogP contribution is 2.30. The van der Waals surface area contributed by atoms with Crippen LogP contribution >= 0.6 is 0 Å². The van der Waals surface area contributed by atoms with Crippen LogP contribution in [0.15, 0.2) is 54.9 Å². The van der Waals surface area contributed by atoms with Gasteiger partial charge >= 0.3 is 0 Å². The molecule has 9 heteroatoms. The molecule has 1 aromatic carbocycles. The Labute approximate surface area is 253 Å². The molecule has 2 saturated carbocycles. The van der Waals surface area contributed by atoms with Crippen molar-refractivity contribution < 1.29 is 9.90 Å². The van der Waals surface area contributed by atoms with Crippen molar-refractivity contribution in [1.29, 1.82) is 0 Å². The van der Waals surface area contributed by atoms with Crippen molar-refractivity contribution in [1.82, 2.24) is 25.2 Å². The number of likely N-dealkylation sites (N-methyl/N-ethyl adjacent to an activating group) is 1. The van der Waals surface area contributed by atoms with E-state index < -0.39 is 0 Å². The molecule has 43 heavy (non-hydrogen) atoms. The lowest BCUT2D eigenvalue weighted by Gasteiger charge is -2.27. The van der Waals surface area contributed by atoms with Gasteiger partial charge in [0.25, 0.3) is 5.91 Å². The largest absolute Gasteiger partial charge is 0.393 e. The predicted octanol–water partition coefficient (Wildman–Crippen LogP) is 4.59. The van der Waals surface area contributed by atoms with Gasteiger partial charge < -0.3 is 26.0 Å². The fraction of sp³-hybridized carbons (Fsp3) is 0.412. The molecule has 0 bridgehead atoms. The average molecular weight is 578 g/mol. The van der Waals surface area contributed by atoms with Crippen molar-refractivity contribution in [3.8, 4) is 11.8 Å². The number of amides is 1. The lowest BCUT2D eigenvalue weighted by Crippen LogP contribution is -2.25. The Hall–Kier alpha value is -4.26. The third kappa shape index (κ3) is 7.98. The fourth-order valence-electron chi connectivity index (χ4n) is 5.46. The van der Waals surface area contributed by atoms with Gasteiger partial charge in [-0.1, -0.05) is 12.0 Å². The topological polar surface area (TPSA) is 115 Å². The summed E-state index contributed by atoms with van der Waals surface area (Å²) in [7, 11) is 2.13. The van der Waals surface area contributed by atoms with Gasteiger partial charge in [-0.05, 0) is 106 Å². The monoisotopic (exact) mass is 577 g/mol. The number of aliphatic hydroxyl groups excluding tert-OH is 1. The molecular formula is C34H39N7O2. The summed E-state index contributed by atoms with van der Waals surface area (Å²) in [6, 6.07) is 11.5. The smallest absolute Gasteiger partial charge is 0.251 e. The van der Waals surface area contributed by atoms with Crippen LogP contribution in [0, 0.1) is 17.8 Å². The molecule has 0 spiro atoms. The zero-order valence-electron chi connectivity index (χ0n) is 24.6. The zero-order chi connectivity index (χ0) is 29.6. The molecule has 2 fully saturated rings. The summed E-state index contributed by atoms with van der Waals surface area (Å²) in [4.78, 5) is 28.5. The summed E-state index contributed by atoms with van der Waals surface area (Å²) in [6.45, 7) is 2.76. The van der Waals surface area contributed by atoms with E-state index in [-0.39, 0.29) is 12.0 Å². The van der Waals surface area contributed by atoms with Crippen LogP contribution in [0.1, 0.15) is 72.1 Å². The number of nitrogens with one attached hydrogen (secondary N) is 3. The number of rotatable bonds is 8. The first kappa shape index (κ1) is 28.8. The maximum absolute atomic E-state index is 12.3. The molecule has 222 valence electrons. The van der Waals surface area contributed by atoms with Gasteiger partial charge in [0.1, 0.15) is 11.5 Å². The van der Waals surface area contributed by atoms with Crippen molar-refractivity contribution in [2.75, 3.05) is 37.3 Å². The summed E-state index contributed by atoms with van der Waals surface area (Å²) in [5.74, 6) is 8.04. The maximum Gasteiger partial charge on any atom is 0.251 e. The van der Waals surface area contributed by atoms with Gasteiger partial charge in [0, 0.05) is 60.4 Å². The zero-order valence-corrected chi connectivity index (χ0v) is 24.6. The first-order chi connectivity index (χ1) is 21.0. The number of hydrogen-bond donors (Lipinski definition) is 4. The fourth-order valence-corrected chi connectivity index (χ4v) is 5.46. The van der Waals surface area contributed by atoms with Crippen LogP contribution < -0.4 is 16.0 Å². The van der Waals surface area contributed by atoms with Gasteiger partial charge in [-0.15, -0.1) is 0 Å². The molecule has 0 saturated heterocycles. The van der Waals surface area contributed by atoms with Crippen LogP contribution in [0.4, 0.5) is 17.5 Å². The second kappa shape index (κ2) is 13.4. The molecule has 2 aromatic heterocycles. The van der Waals surface area contributed by atoms with Gasteiger partial charge in [-0.25, -0.2) is 9.97 Å². The Morgan fingerprint density at radius 1 is 1.05 bits per heavy atom. The minimum Gasteiger partial charge on any atom is -0.393 e. The number of aromatic nitrogens is 3. The summed E-state index contributed by atoms with van der Waals surface area (Å²) in [5.41, 5.74) is 5.17. The second-order valence-corrected chi connectivity index (χ2v) is 11.9. The molecule has 3 heterocycles. The van der Waals surface area contributed by atoms with E-state index in [0.717, 1.165) is 87.2 Å². The van der Waals surface area contributed by atoms with Crippen LogP contribution in [0.2, 0.25) is 0 Å². The Bertz CT molecular complexity index is 1530. The number of benzene rings is 1. The number of carbonyl (C=O) groups excluding carboxylic acids is 1. The van der Waals surface area contributed by atoms with E-state index in [2.05, 4.69) is 55.8 Å². The average Bonchev–Trinajstić information content (AvgIpc) is 3.85. The van der Waals surface area contributed by atoms with Crippen LogP contribution in [0.5, 0.6) is 0 Å². The normalized spacial score (nSPS) is 20.4. The van der Waals surface area contributed by atoms with E-state index in [1.165, 1.54) is 5.57 Å². The van der Waals surface area contributed by atoms with Crippen molar-refractivity contribution in [2.45, 2.75) is 57.1 Å². The van der Waals surface area contributed by atoms with E-state index in [1.54, 1.807) is 18.3 Å². The molecule has 0 unspecified atom stereocenters. The maximum atomic E-state index is 12.3. The number of hydrogen-bond acceptors (Lipinski definition) is 8. The number of aliphatic hydroxyl groups is 1. The molecule has 0 radical (unpaired) electrons. The van der Waals surface area contributed by atoms with Crippen molar-refractivity contribution in [3.05, 3.63) is 77.3 Å². The SMILES string of the molecule is CN1CC=C(c2cnc(Nc3ccc(C#Cc4cc(C(=O)NC5CC5)ccn4)cc3)nc2NCC2CCC(O)CC2)CC1. The highest BCUT2D eigenvalue weighted by atomic mass is 16.3. The van der Waals surface area contributed by atoms with E-state index in [9.17, 15) is 9.90 Å². The van der Waals surface area contributed by atoms with Crippen LogP contribution in [-0.2, 0) is 0 Å². The number of anilines is 3. The molecule has 6 rings (SSSR count). The first-order valence-corrected chi connectivity index (χ1v) is 15.3. The van der Waals surface area contributed by atoms with Gasteiger partial charge in [-0.2, -0.15) is 4.98 Å². The van der Waals surface area contributed by atoms with E-state index in [1.807, 2.05) is 30.5 Å². The molecular weight excluding hydrogens is 538 g/mol. The number of nitrogens with zero attached hydrogens (tertiary/aromatic N) is 4. The third-order valence-electron chi connectivity index (χ3n) is 8.33. The van der Waals surface area contributed by atoms with Crippen LogP contribution in [0.3, 0.4) is 0 Å². The Morgan fingerprint density at radius 3 is 2.60 bits per heavy atom. The molecule has 3 aromatic rings. The van der Waals surface area contributed by atoms with Crippen molar-refractivity contribution in [3.63, 3.8) is 0 Å². The molecule has 2 aliphatic carbocycles. The van der Waals surface area contributed by atoms with E-state index >= 15 is 0 Å². The highest BCUT2D eigenvalue weighted by Gasteiger charge is 2.24. The van der Waals surface area contributed by atoms with E-state index in [4.69, 9.17) is 4.98 Å². The minimum absolute atomic E-state index is 0.0751. The molecule has 3 aliphatic rings. The second-order valence-electron chi connectivity index (χ2n) is 11.9. The van der Waals surface area contributed by atoms with E-state index in [0.29, 0.717) is 29.2 Å². The van der Waals surface area contributed by atoms with Crippen LogP contribution in [-0.4, -0.2) is 69.7 Å².